The van der Waals surface area contributed by atoms with Crippen molar-refractivity contribution in [2.75, 3.05) is 5.32 Å². The summed E-state index contributed by atoms with van der Waals surface area (Å²) in [6, 6.07) is 7.41. The first-order valence-electron chi connectivity index (χ1n) is 4.48. The Balaban J connectivity index is 2.02. The van der Waals surface area contributed by atoms with Gasteiger partial charge in [0.25, 0.3) is 0 Å². The van der Waals surface area contributed by atoms with Crippen molar-refractivity contribution in [1.82, 2.24) is 15.0 Å². The van der Waals surface area contributed by atoms with Crippen LogP contribution in [-0.4, -0.2) is 15.0 Å². The van der Waals surface area contributed by atoms with Crippen LogP contribution in [0, 0.1) is 11.3 Å². The molecule has 0 atom stereocenters. The second kappa shape index (κ2) is 4.24. The topological polar surface area (TPSA) is 77.4 Å². The number of nitriles is 1. The molecule has 2 aromatic heterocycles. The molecule has 0 saturated heterocycles. The van der Waals surface area contributed by atoms with Gasteiger partial charge in [0.2, 0.25) is 5.95 Å². The number of rotatable bonds is 3. The number of anilines is 1. The van der Waals surface area contributed by atoms with Gasteiger partial charge in [0.1, 0.15) is 11.8 Å². The lowest BCUT2D eigenvalue weighted by Crippen LogP contribution is -2.04. The monoisotopic (exact) mass is 199 g/mol. The number of aromatic nitrogens is 3. The lowest BCUT2D eigenvalue weighted by Gasteiger charge is -2.02. The zero-order valence-corrected chi connectivity index (χ0v) is 7.94. The van der Waals surface area contributed by atoms with Crippen LogP contribution in [-0.2, 0) is 6.54 Å². The Morgan fingerprint density at radius 2 is 2.40 bits per heavy atom. The number of hydrogen-bond acceptors (Lipinski definition) is 4. The third kappa shape index (κ3) is 2.31. The van der Waals surface area contributed by atoms with E-state index in [9.17, 15) is 0 Å². The van der Waals surface area contributed by atoms with Crippen LogP contribution < -0.4 is 5.32 Å². The van der Waals surface area contributed by atoms with Crippen molar-refractivity contribution in [1.29, 1.82) is 5.26 Å². The van der Waals surface area contributed by atoms with E-state index in [0.29, 0.717) is 18.2 Å². The van der Waals surface area contributed by atoms with Crippen LogP contribution in [0.1, 0.15) is 11.4 Å². The van der Waals surface area contributed by atoms with Crippen molar-refractivity contribution in [3.8, 4) is 6.07 Å². The molecule has 0 aromatic carbocycles. The molecule has 2 N–H and O–H groups in total. The van der Waals surface area contributed by atoms with E-state index in [4.69, 9.17) is 5.26 Å². The molecule has 2 heterocycles. The van der Waals surface area contributed by atoms with Gasteiger partial charge in [-0.2, -0.15) is 5.26 Å². The van der Waals surface area contributed by atoms with Gasteiger partial charge in [-0.05, 0) is 18.2 Å². The molecule has 5 nitrogen and oxygen atoms in total. The van der Waals surface area contributed by atoms with Gasteiger partial charge in [0, 0.05) is 18.1 Å². The van der Waals surface area contributed by atoms with Crippen LogP contribution in [0.5, 0.6) is 0 Å². The molecule has 0 aliphatic rings. The predicted molar refractivity (Wildman–Crippen MR) is 54.9 cm³/mol. The fraction of sp³-hybridized carbons (Fsp3) is 0.100. The highest BCUT2D eigenvalue weighted by molar-refractivity contribution is 5.30. The first-order chi connectivity index (χ1) is 7.38. The normalized spacial score (nSPS) is 9.53. The Morgan fingerprint density at radius 1 is 1.47 bits per heavy atom. The van der Waals surface area contributed by atoms with Crippen molar-refractivity contribution in [3.05, 3.63) is 42.0 Å². The molecule has 0 unspecified atom stereocenters. The standard InChI is InChI=1S/C10H9N5/c11-6-8-3-5-13-10(15-8)14-7-9-2-1-4-12-9/h1-5,12H,7H2,(H,13,14,15). The second-order valence-corrected chi connectivity index (χ2v) is 2.93. The number of nitrogens with one attached hydrogen (secondary N) is 2. The van der Waals surface area contributed by atoms with Crippen LogP contribution in [0.15, 0.2) is 30.6 Å². The summed E-state index contributed by atoms with van der Waals surface area (Å²) in [4.78, 5) is 11.0. The third-order valence-corrected chi connectivity index (χ3v) is 1.87. The summed E-state index contributed by atoms with van der Waals surface area (Å²) >= 11 is 0. The highest BCUT2D eigenvalue weighted by Gasteiger charge is 1.98. The summed E-state index contributed by atoms with van der Waals surface area (Å²) in [5.41, 5.74) is 1.40. The smallest absolute Gasteiger partial charge is 0.224 e. The average molecular weight is 199 g/mol. The molecule has 2 aromatic rings. The van der Waals surface area contributed by atoms with E-state index in [1.54, 1.807) is 12.3 Å². The first kappa shape index (κ1) is 9.21. The fourth-order valence-corrected chi connectivity index (χ4v) is 1.16. The SMILES string of the molecule is N#Cc1ccnc(NCc2ccc[nH]2)n1. The molecule has 74 valence electrons. The van der Waals surface area contributed by atoms with Gasteiger partial charge < -0.3 is 10.3 Å². The zero-order chi connectivity index (χ0) is 10.5. The van der Waals surface area contributed by atoms with Gasteiger partial charge in [0.15, 0.2) is 0 Å². The Bertz CT molecular complexity index is 469. The van der Waals surface area contributed by atoms with Gasteiger partial charge in [0.05, 0.1) is 6.54 Å². The second-order valence-electron chi connectivity index (χ2n) is 2.93. The minimum Gasteiger partial charge on any atom is -0.364 e. The Hall–Kier alpha value is -2.35. The number of H-pyrrole nitrogens is 1. The molecule has 0 spiro atoms. The maximum atomic E-state index is 8.64. The van der Waals surface area contributed by atoms with E-state index in [1.807, 2.05) is 24.4 Å². The predicted octanol–water partition coefficient (Wildman–Crippen LogP) is 1.29. The Labute approximate surface area is 86.8 Å². The number of nitrogens with zero attached hydrogens (tertiary/aromatic N) is 3. The summed E-state index contributed by atoms with van der Waals surface area (Å²) in [5.74, 6) is 0.462. The van der Waals surface area contributed by atoms with Gasteiger partial charge in [-0.1, -0.05) is 0 Å². The zero-order valence-electron chi connectivity index (χ0n) is 7.94. The van der Waals surface area contributed by atoms with Crippen molar-refractivity contribution in [2.45, 2.75) is 6.54 Å². The quantitative estimate of drug-likeness (QED) is 0.780. The van der Waals surface area contributed by atoms with E-state index >= 15 is 0 Å². The minimum atomic E-state index is 0.360. The maximum Gasteiger partial charge on any atom is 0.224 e. The number of hydrogen-bond donors (Lipinski definition) is 2. The summed E-state index contributed by atoms with van der Waals surface area (Å²) in [6.45, 7) is 0.613. The molecule has 5 heteroatoms. The van der Waals surface area contributed by atoms with E-state index in [2.05, 4.69) is 20.3 Å². The van der Waals surface area contributed by atoms with Crippen LogP contribution in [0.3, 0.4) is 0 Å². The maximum absolute atomic E-state index is 8.64. The van der Waals surface area contributed by atoms with Gasteiger partial charge >= 0.3 is 0 Å². The molecule has 0 amide bonds. The Kier molecular flexibility index (Phi) is 2.61. The summed E-state index contributed by atoms with van der Waals surface area (Å²) in [5, 5.41) is 11.7. The minimum absolute atomic E-state index is 0.360. The summed E-state index contributed by atoms with van der Waals surface area (Å²) in [7, 11) is 0. The van der Waals surface area contributed by atoms with E-state index in [1.165, 1.54) is 0 Å². The van der Waals surface area contributed by atoms with E-state index in [-0.39, 0.29) is 0 Å². The van der Waals surface area contributed by atoms with Crippen molar-refractivity contribution >= 4 is 5.95 Å². The highest BCUT2D eigenvalue weighted by Crippen LogP contribution is 2.02. The van der Waals surface area contributed by atoms with Gasteiger partial charge in [-0.25, -0.2) is 9.97 Å². The largest absolute Gasteiger partial charge is 0.364 e. The Morgan fingerprint density at radius 3 is 3.13 bits per heavy atom. The molecule has 0 saturated carbocycles. The van der Waals surface area contributed by atoms with Crippen LogP contribution in [0.4, 0.5) is 5.95 Å². The van der Waals surface area contributed by atoms with Crippen molar-refractivity contribution in [3.63, 3.8) is 0 Å². The molecule has 15 heavy (non-hydrogen) atoms. The molecule has 0 bridgehead atoms. The van der Waals surface area contributed by atoms with Gasteiger partial charge in [-0.3, -0.25) is 0 Å². The molecular formula is C10H9N5. The van der Waals surface area contributed by atoms with E-state index in [0.717, 1.165) is 5.69 Å². The van der Waals surface area contributed by atoms with Crippen LogP contribution >= 0.6 is 0 Å². The van der Waals surface area contributed by atoms with Crippen LogP contribution in [0.25, 0.3) is 0 Å². The third-order valence-electron chi connectivity index (χ3n) is 1.87. The summed E-state index contributed by atoms with van der Waals surface area (Å²) < 4.78 is 0. The first-order valence-corrected chi connectivity index (χ1v) is 4.48. The fourth-order valence-electron chi connectivity index (χ4n) is 1.16. The average Bonchev–Trinajstić information content (AvgIpc) is 2.79. The molecule has 0 radical (unpaired) electrons. The molecule has 0 aliphatic carbocycles. The lowest BCUT2D eigenvalue weighted by molar-refractivity contribution is 1.01. The highest BCUT2D eigenvalue weighted by atomic mass is 15.1. The van der Waals surface area contributed by atoms with Crippen LogP contribution in [0.2, 0.25) is 0 Å². The number of aromatic amines is 1. The molecule has 0 fully saturated rings. The van der Waals surface area contributed by atoms with E-state index < -0.39 is 0 Å². The van der Waals surface area contributed by atoms with Crippen molar-refractivity contribution < 1.29 is 0 Å². The lowest BCUT2D eigenvalue weighted by atomic mass is 10.4. The molecule has 2 rings (SSSR count). The van der Waals surface area contributed by atoms with Gasteiger partial charge in [-0.15, -0.1) is 0 Å². The molecular weight excluding hydrogens is 190 g/mol. The van der Waals surface area contributed by atoms with Crippen molar-refractivity contribution in [2.24, 2.45) is 0 Å². The summed E-state index contributed by atoms with van der Waals surface area (Å²) in [6.07, 6.45) is 3.41. The molecule has 0 aliphatic heterocycles.